The molecule has 0 unspecified atom stereocenters. The maximum absolute atomic E-state index is 12.4. The van der Waals surface area contributed by atoms with E-state index in [1.54, 1.807) is 36.4 Å². The highest BCUT2D eigenvalue weighted by atomic mass is 16.6. The van der Waals surface area contributed by atoms with Crippen LogP contribution in [0.2, 0.25) is 0 Å². The second kappa shape index (κ2) is 9.86. The molecule has 0 aromatic heterocycles. The molecule has 0 spiro atoms. The third-order valence-electron chi connectivity index (χ3n) is 4.36. The summed E-state index contributed by atoms with van der Waals surface area (Å²) in [7, 11) is 4.48. The van der Waals surface area contributed by atoms with Crippen LogP contribution in [0.5, 0.6) is 28.7 Å². The number of cyclic esters (lactones) is 1. The lowest BCUT2D eigenvalue weighted by Gasteiger charge is -2.13. The monoisotopic (exact) mass is 441 g/mol. The minimum absolute atomic E-state index is 0.0939. The highest BCUT2D eigenvalue weighted by Gasteiger charge is 2.26. The maximum Gasteiger partial charge on any atom is 0.363 e. The van der Waals surface area contributed by atoms with Crippen LogP contribution < -0.4 is 23.7 Å². The molecule has 32 heavy (non-hydrogen) atoms. The van der Waals surface area contributed by atoms with Crippen LogP contribution in [-0.4, -0.2) is 45.8 Å². The number of esters is 2. The number of hydrogen-bond donors (Lipinski definition) is 0. The Morgan fingerprint density at radius 3 is 2.25 bits per heavy atom. The molecule has 1 aliphatic rings. The van der Waals surface area contributed by atoms with Gasteiger partial charge in [-0.25, -0.2) is 9.79 Å². The molecule has 9 nitrogen and oxygen atoms in total. The summed E-state index contributed by atoms with van der Waals surface area (Å²) in [6.07, 6.45) is 1.55. The van der Waals surface area contributed by atoms with Crippen molar-refractivity contribution in [2.24, 2.45) is 4.99 Å². The van der Waals surface area contributed by atoms with Crippen molar-refractivity contribution in [1.82, 2.24) is 0 Å². The Balaban J connectivity index is 1.97. The van der Waals surface area contributed by atoms with Crippen molar-refractivity contribution >= 4 is 23.9 Å². The van der Waals surface area contributed by atoms with Crippen LogP contribution in [0, 0.1) is 0 Å². The minimum Gasteiger partial charge on any atom is -0.493 e. The Bertz CT molecular complexity index is 1080. The molecule has 0 atom stereocenters. The molecule has 1 aliphatic heterocycles. The summed E-state index contributed by atoms with van der Waals surface area (Å²) >= 11 is 0. The largest absolute Gasteiger partial charge is 0.493 e. The standard InChI is InChI=1S/C23H23NO8/c1-6-30-18-10-14(7-8-17(18)31-13(2)25)9-16-23(26)32-22(24-16)15-11-19(27-3)21(29-5)20(12-15)28-4/h7-12H,6H2,1-5H3/b16-9+. The molecule has 0 radical (unpaired) electrons. The first-order valence-electron chi connectivity index (χ1n) is 9.68. The summed E-state index contributed by atoms with van der Waals surface area (Å²) in [6.45, 7) is 3.49. The summed E-state index contributed by atoms with van der Waals surface area (Å²) in [5, 5.41) is 0. The molecule has 2 aromatic carbocycles. The van der Waals surface area contributed by atoms with Gasteiger partial charge in [-0.05, 0) is 42.8 Å². The molecule has 168 valence electrons. The van der Waals surface area contributed by atoms with E-state index < -0.39 is 11.9 Å². The van der Waals surface area contributed by atoms with Crippen LogP contribution in [-0.2, 0) is 14.3 Å². The van der Waals surface area contributed by atoms with E-state index in [0.717, 1.165) is 0 Å². The van der Waals surface area contributed by atoms with Gasteiger partial charge in [0, 0.05) is 12.5 Å². The molecule has 0 fully saturated rings. The Morgan fingerprint density at radius 2 is 1.69 bits per heavy atom. The predicted molar refractivity (Wildman–Crippen MR) is 116 cm³/mol. The van der Waals surface area contributed by atoms with Crippen LogP contribution >= 0.6 is 0 Å². The summed E-state index contributed by atoms with van der Waals surface area (Å²) in [6, 6.07) is 8.18. The van der Waals surface area contributed by atoms with E-state index in [4.69, 9.17) is 28.4 Å². The van der Waals surface area contributed by atoms with Crippen LogP contribution in [0.15, 0.2) is 41.0 Å². The molecule has 0 N–H and O–H groups in total. The predicted octanol–water partition coefficient (Wildman–Crippen LogP) is 3.38. The first kappa shape index (κ1) is 22.7. The third-order valence-corrected chi connectivity index (χ3v) is 4.36. The number of benzene rings is 2. The van der Waals surface area contributed by atoms with Crippen molar-refractivity contribution in [1.29, 1.82) is 0 Å². The molecule has 0 amide bonds. The number of ether oxygens (including phenoxy) is 6. The Kier molecular flexibility index (Phi) is 6.99. The fraction of sp³-hybridized carbons (Fsp3) is 0.261. The maximum atomic E-state index is 12.4. The van der Waals surface area contributed by atoms with Crippen molar-refractivity contribution < 1.29 is 38.0 Å². The SMILES string of the molecule is CCOc1cc(/C=C2/N=C(c3cc(OC)c(OC)c(OC)c3)OC2=O)ccc1OC(C)=O. The normalized spacial score (nSPS) is 14.0. The van der Waals surface area contributed by atoms with Gasteiger partial charge in [0.25, 0.3) is 0 Å². The lowest BCUT2D eigenvalue weighted by atomic mass is 10.1. The second-order valence-corrected chi connectivity index (χ2v) is 6.48. The molecule has 3 rings (SSSR count). The van der Waals surface area contributed by atoms with Gasteiger partial charge in [0.1, 0.15) is 0 Å². The van der Waals surface area contributed by atoms with Gasteiger partial charge in [-0.15, -0.1) is 0 Å². The molecule has 0 aliphatic carbocycles. The van der Waals surface area contributed by atoms with Crippen molar-refractivity contribution in [3.8, 4) is 28.7 Å². The highest BCUT2D eigenvalue weighted by molar-refractivity contribution is 6.13. The van der Waals surface area contributed by atoms with E-state index in [2.05, 4.69) is 4.99 Å². The van der Waals surface area contributed by atoms with Crippen LogP contribution in [0.1, 0.15) is 25.0 Å². The number of hydrogen-bond acceptors (Lipinski definition) is 9. The van der Waals surface area contributed by atoms with E-state index in [0.29, 0.717) is 40.7 Å². The smallest absolute Gasteiger partial charge is 0.363 e. The fourth-order valence-corrected chi connectivity index (χ4v) is 3.02. The summed E-state index contributed by atoms with van der Waals surface area (Å²) in [5.41, 5.74) is 1.19. The quantitative estimate of drug-likeness (QED) is 0.349. The van der Waals surface area contributed by atoms with Crippen LogP contribution in [0.4, 0.5) is 0 Å². The Labute approximate surface area is 185 Å². The van der Waals surface area contributed by atoms with Crippen molar-refractivity contribution in [2.45, 2.75) is 13.8 Å². The lowest BCUT2D eigenvalue weighted by Crippen LogP contribution is -2.07. The minimum atomic E-state index is -0.615. The van der Waals surface area contributed by atoms with E-state index in [1.165, 1.54) is 28.3 Å². The molecule has 0 bridgehead atoms. The average molecular weight is 441 g/mol. The molecule has 9 heteroatoms. The number of carbonyl (C=O) groups is 2. The van der Waals surface area contributed by atoms with E-state index in [9.17, 15) is 9.59 Å². The molecule has 0 saturated heterocycles. The first-order chi connectivity index (χ1) is 15.4. The third kappa shape index (κ3) is 4.83. The van der Waals surface area contributed by atoms with Crippen molar-refractivity contribution in [3.63, 3.8) is 0 Å². The summed E-state index contributed by atoms with van der Waals surface area (Å²) < 4.78 is 32.0. The zero-order chi connectivity index (χ0) is 23.3. The zero-order valence-corrected chi connectivity index (χ0v) is 18.4. The number of nitrogens with zero attached hydrogens (tertiary/aromatic N) is 1. The van der Waals surface area contributed by atoms with Crippen LogP contribution in [0.25, 0.3) is 6.08 Å². The topological polar surface area (TPSA) is 102 Å². The lowest BCUT2D eigenvalue weighted by molar-refractivity contribution is -0.132. The molecular formula is C23H23NO8. The van der Waals surface area contributed by atoms with Gasteiger partial charge in [0.15, 0.2) is 28.7 Å². The van der Waals surface area contributed by atoms with E-state index in [-0.39, 0.29) is 17.3 Å². The fourth-order valence-electron chi connectivity index (χ4n) is 3.02. The zero-order valence-electron chi connectivity index (χ0n) is 18.4. The molecule has 0 saturated carbocycles. The van der Waals surface area contributed by atoms with Gasteiger partial charge >= 0.3 is 11.9 Å². The average Bonchev–Trinajstić information content (AvgIpc) is 3.14. The number of aliphatic imine (C=N–C) groups is 1. The van der Waals surface area contributed by atoms with Gasteiger partial charge in [-0.3, -0.25) is 4.79 Å². The summed E-state index contributed by atoms with van der Waals surface area (Å²) in [5.74, 6) is 0.903. The van der Waals surface area contributed by atoms with Crippen molar-refractivity contribution in [2.75, 3.05) is 27.9 Å². The van der Waals surface area contributed by atoms with Gasteiger partial charge in [-0.1, -0.05) is 6.07 Å². The highest BCUT2D eigenvalue weighted by Crippen LogP contribution is 2.39. The van der Waals surface area contributed by atoms with Crippen molar-refractivity contribution in [3.05, 3.63) is 47.2 Å². The Morgan fingerprint density at radius 1 is 1.00 bits per heavy atom. The molecular weight excluding hydrogens is 418 g/mol. The second-order valence-electron chi connectivity index (χ2n) is 6.48. The number of methoxy groups -OCH3 is 3. The van der Waals surface area contributed by atoms with E-state index >= 15 is 0 Å². The molecule has 1 heterocycles. The Hall–Kier alpha value is -4.01. The van der Waals surface area contributed by atoms with Gasteiger partial charge in [0.2, 0.25) is 11.6 Å². The summed E-state index contributed by atoms with van der Waals surface area (Å²) in [4.78, 5) is 28.0. The van der Waals surface area contributed by atoms with E-state index in [1.807, 2.05) is 6.92 Å². The van der Waals surface area contributed by atoms with Crippen LogP contribution in [0.3, 0.4) is 0 Å². The van der Waals surface area contributed by atoms with Gasteiger partial charge in [0.05, 0.1) is 27.9 Å². The molecule has 2 aromatic rings. The number of carbonyl (C=O) groups excluding carboxylic acids is 2. The first-order valence-corrected chi connectivity index (χ1v) is 9.68. The van der Waals surface area contributed by atoms with Gasteiger partial charge in [-0.2, -0.15) is 0 Å². The van der Waals surface area contributed by atoms with Gasteiger partial charge < -0.3 is 28.4 Å². The number of rotatable bonds is 8.